The molecule has 10 heteroatoms. The van der Waals surface area contributed by atoms with Crippen LogP contribution in [-0.2, 0) is 9.59 Å². The zero-order valence-corrected chi connectivity index (χ0v) is 20.0. The number of hydrogen-bond acceptors (Lipinski definition) is 6. The number of hydrogen-bond donors (Lipinski definition) is 2. The lowest BCUT2D eigenvalue weighted by atomic mass is 9.91. The van der Waals surface area contributed by atoms with E-state index in [1.165, 1.54) is 9.80 Å². The van der Waals surface area contributed by atoms with E-state index in [-0.39, 0.29) is 6.67 Å². The summed E-state index contributed by atoms with van der Waals surface area (Å²) in [5, 5.41) is 20.9. The Morgan fingerprint density at radius 3 is 1.33 bits per heavy atom. The van der Waals surface area contributed by atoms with Gasteiger partial charge in [0.05, 0.1) is 24.3 Å². The third-order valence-corrected chi connectivity index (χ3v) is 8.04. The van der Waals surface area contributed by atoms with Crippen LogP contribution in [0.1, 0.15) is 79.1 Å². The fourth-order valence-electron chi connectivity index (χ4n) is 5.72. The monoisotopic (exact) mass is 464 g/mol. The van der Waals surface area contributed by atoms with Gasteiger partial charge in [0.25, 0.3) is 11.8 Å². The topological polar surface area (TPSA) is 122 Å². The number of carbonyl (C=O) groups is 4. The van der Waals surface area contributed by atoms with Gasteiger partial charge in [-0.3, -0.25) is 29.2 Å². The van der Waals surface area contributed by atoms with Crippen LogP contribution in [0.15, 0.2) is 0 Å². The lowest BCUT2D eigenvalue weighted by Gasteiger charge is -2.36. The minimum absolute atomic E-state index is 0.228. The van der Waals surface area contributed by atoms with Crippen molar-refractivity contribution in [3.8, 4) is 0 Å². The molecule has 4 aliphatic rings. The van der Waals surface area contributed by atoms with Crippen LogP contribution in [0, 0.1) is 0 Å². The van der Waals surface area contributed by atoms with Crippen molar-refractivity contribution >= 4 is 23.9 Å². The Morgan fingerprint density at radius 1 is 0.667 bits per heavy atom. The highest BCUT2D eigenvalue weighted by Gasteiger charge is 2.59. The predicted molar refractivity (Wildman–Crippen MR) is 118 cm³/mol. The van der Waals surface area contributed by atoms with E-state index in [0.717, 1.165) is 35.5 Å². The maximum absolute atomic E-state index is 13.4. The number of rotatable bonds is 4. The number of carbonyl (C=O) groups excluding carboxylic acids is 4. The maximum atomic E-state index is 13.4. The highest BCUT2D eigenvalue weighted by molar-refractivity contribution is 6.09. The SMILES string of the molecule is CC1(C)C(=O)N(C2CCCCC2O)C(=O)N1CN1C(=O)N(C2CCCCC2O)C(=O)C1(C)C. The summed E-state index contributed by atoms with van der Waals surface area (Å²) in [4.78, 5) is 58.4. The smallest absolute Gasteiger partial charge is 0.329 e. The molecule has 4 atom stereocenters. The fourth-order valence-corrected chi connectivity index (χ4v) is 5.72. The van der Waals surface area contributed by atoms with Crippen LogP contribution < -0.4 is 0 Å². The first-order valence-electron chi connectivity index (χ1n) is 12.1. The zero-order chi connectivity index (χ0) is 24.3. The second-order valence-electron chi connectivity index (χ2n) is 10.9. The second kappa shape index (κ2) is 8.23. The molecule has 4 unspecified atom stereocenters. The van der Waals surface area contributed by atoms with E-state index in [9.17, 15) is 29.4 Å². The summed E-state index contributed by atoms with van der Waals surface area (Å²) in [6, 6.07) is -2.27. The summed E-state index contributed by atoms with van der Waals surface area (Å²) in [7, 11) is 0. The molecule has 4 rings (SSSR count). The molecule has 184 valence electrons. The number of aliphatic hydroxyl groups excluding tert-OH is 2. The Bertz CT molecular complexity index is 790. The van der Waals surface area contributed by atoms with Gasteiger partial charge >= 0.3 is 12.1 Å². The molecule has 2 heterocycles. The molecule has 0 aromatic carbocycles. The van der Waals surface area contributed by atoms with Crippen LogP contribution in [0.4, 0.5) is 9.59 Å². The van der Waals surface area contributed by atoms with Gasteiger partial charge in [-0.25, -0.2) is 9.59 Å². The number of amides is 6. The summed E-state index contributed by atoms with van der Waals surface area (Å²) >= 11 is 0. The van der Waals surface area contributed by atoms with Crippen molar-refractivity contribution in [1.82, 2.24) is 19.6 Å². The minimum atomic E-state index is -1.23. The van der Waals surface area contributed by atoms with Gasteiger partial charge < -0.3 is 10.2 Å². The molecule has 0 aromatic rings. The van der Waals surface area contributed by atoms with E-state index >= 15 is 0 Å². The van der Waals surface area contributed by atoms with Crippen LogP contribution >= 0.6 is 0 Å². The average molecular weight is 465 g/mol. The highest BCUT2D eigenvalue weighted by atomic mass is 16.3. The summed E-state index contributed by atoms with van der Waals surface area (Å²) in [6.07, 6.45) is 3.97. The van der Waals surface area contributed by atoms with Crippen molar-refractivity contribution < 1.29 is 29.4 Å². The van der Waals surface area contributed by atoms with Gasteiger partial charge in [0.2, 0.25) is 0 Å². The van der Waals surface area contributed by atoms with E-state index in [2.05, 4.69) is 0 Å². The van der Waals surface area contributed by atoms with Crippen LogP contribution in [0.2, 0.25) is 0 Å². The number of nitrogens with zero attached hydrogens (tertiary/aromatic N) is 4. The van der Waals surface area contributed by atoms with Crippen molar-refractivity contribution in [2.24, 2.45) is 0 Å². The summed E-state index contributed by atoms with van der Waals surface area (Å²) < 4.78 is 0. The Morgan fingerprint density at radius 2 is 1.00 bits per heavy atom. The molecule has 4 fully saturated rings. The van der Waals surface area contributed by atoms with Gasteiger partial charge in [-0.15, -0.1) is 0 Å². The molecule has 6 amide bonds. The van der Waals surface area contributed by atoms with Gasteiger partial charge in [0.1, 0.15) is 17.7 Å². The summed E-state index contributed by atoms with van der Waals surface area (Å²) in [5.41, 5.74) is -2.46. The van der Waals surface area contributed by atoms with E-state index in [1.54, 1.807) is 27.7 Å². The zero-order valence-electron chi connectivity index (χ0n) is 20.0. The van der Waals surface area contributed by atoms with Gasteiger partial charge in [-0.05, 0) is 53.4 Å². The molecule has 2 aliphatic heterocycles. The average Bonchev–Trinajstić information content (AvgIpc) is 3.02. The van der Waals surface area contributed by atoms with Gasteiger partial charge in [-0.2, -0.15) is 0 Å². The largest absolute Gasteiger partial charge is 0.391 e. The highest BCUT2D eigenvalue weighted by Crippen LogP contribution is 2.38. The molecule has 2 saturated heterocycles. The normalized spacial score (nSPS) is 34.6. The molecule has 2 aliphatic carbocycles. The Balaban J connectivity index is 1.60. The third-order valence-electron chi connectivity index (χ3n) is 8.04. The maximum Gasteiger partial charge on any atom is 0.329 e. The van der Waals surface area contributed by atoms with Crippen molar-refractivity contribution in [2.75, 3.05) is 6.67 Å². The van der Waals surface area contributed by atoms with Crippen molar-refractivity contribution in [3.63, 3.8) is 0 Å². The van der Waals surface area contributed by atoms with E-state index in [1.807, 2.05) is 0 Å². The molecule has 0 radical (unpaired) electrons. The molecular weight excluding hydrogens is 428 g/mol. The Hall–Kier alpha value is -2.20. The Labute approximate surface area is 194 Å². The molecular formula is C23H36N4O6. The molecule has 0 aromatic heterocycles. The standard InChI is InChI=1S/C23H36N4O6/c1-22(2)18(30)26(14-9-5-7-11-16(14)28)20(32)24(22)13-25-21(33)27(19(31)23(25,3)4)15-10-6-8-12-17(15)29/h14-17,28-29H,5-13H2,1-4H3. The number of urea groups is 2. The summed E-state index contributed by atoms with van der Waals surface area (Å²) in [6.45, 7) is 6.27. The third kappa shape index (κ3) is 3.62. The van der Waals surface area contributed by atoms with Crippen LogP contribution in [0.3, 0.4) is 0 Å². The fraction of sp³-hybridized carbons (Fsp3) is 0.826. The first-order valence-corrected chi connectivity index (χ1v) is 12.1. The van der Waals surface area contributed by atoms with Gasteiger partial charge in [0.15, 0.2) is 0 Å². The first-order chi connectivity index (χ1) is 15.4. The molecule has 2 saturated carbocycles. The lowest BCUT2D eigenvalue weighted by Crippen LogP contribution is -2.55. The second-order valence-corrected chi connectivity index (χ2v) is 10.9. The van der Waals surface area contributed by atoms with Gasteiger partial charge in [0, 0.05) is 0 Å². The van der Waals surface area contributed by atoms with Crippen LogP contribution in [-0.4, -0.2) is 95.7 Å². The van der Waals surface area contributed by atoms with Crippen molar-refractivity contribution in [2.45, 2.75) is 114 Å². The quantitative estimate of drug-likeness (QED) is 0.610. The van der Waals surface area contributed by atoms with Crippen LogP contribution in [0.5, 0.6) is 0 Å². The number of imide groups is 2. The van der Waals surface area contributed by atoms with Crippen molar-refractivity contribution in [1.29, 1.82) is 0 Å². The molecule has 10 nitrogen and oxygen atoms in total. The molecule has 33 heavy (non-hydrogen) atoms. The van der Waals surface area contributed by atoms with Crippen molar-refractivity contribution in [3.05, 3.63) is 0 Å². The number of aliphatic hydroxyl groups is 2. The molecule has 0 bridgehead atoms. The minimum Gasteiger partial charge on any atom is -0.391 e. The predicted octanol–water partition coefficient (Wildman–Crippen LogP) is 1.64. The van der Waals surface area contributed by atoms with E-state index in [0.29, 0.717) is 25.7 Å². The molecule has 0 spiro atoms. The van der Waals surface area contributed by atoms with Crippen LogP contribution in [0.25, 0.3) is 0 Å². The first kappa shape index (κ1) is 23.9. The molecule has 2 N–H and O–H groups in total. The summed E-state index contributed by atoms with van der Waals surface area (Å²) in [5.74, 6) is -0.817. The van der Waals surface area contributed by atoms with E-state index < -0.39 is 59.2 Å². The van der Waals surface area contributed by atoms with Gasteiger partial charge in [-0.1, -0.05) is 25.7 Å². The lowest BCUT2D eigenvalue weighted by molar-refractivity contribution is -0.136. The Kier molecular flexibility index (Phi) is 5.97. The van der Waals surface area contributed by atoms with E-state index in [4.69, 9.17) is 0 Å².